The van der Waals surface area contributed by atoms with Gasteiger partial charge in [0.25, 0.3) is 5.22 Å². The highest BCUT2D eigenvalue weighted by Gasteiger charge is 2.30. The number of amides is 1. The van der Waals surface area contributed by atoms with Gasteiger partial charge in [-0.3, -0.25) is 4.79 Å². The molecule has 3 aromatic rings. The van der Waals surface area contributed by atoms with E-state index in [9.17, 15) is 4.79 Å². The van der Waals surface area contributed by atoms with E-state index < -0.39 is 0 Å². The first-order chi connectivity index (χ1) is 13.2. The normalized spacial score (nSPS) is 15.1. The summed E-state index contributed by atoms with van der Waals surface area (Å²) in [6.07, 6.45) is 2.12. The standard InChI is InChI=1S/C20H18BrN3O2S/c21-16-10-6-9-15(13-16)18-22-23-20(26-18)27-17(14-7-2-1-3-8-14)19(25)24-11-4-5-12-24/h1-3,6-10,13,17H,4-5,11-12H2/t17-/m0/s1. The fourth-order valence-corrected chi connectivity index (χ4v) is 4.45. The van der Waals surface area contributed by atoms with E-state index in [0.717, 1.165) is 41.5 Å². The summed E-state index contributed by atoms with van der Waals surface area (Å²) in [6, 6.07) is 17.5. The van der Waals surface area contributed by atoms with E-state index in [1.165, 1.54) is 11.8 Å². The highest BCUT2D eigenvalue weighted by molar-refractivity contribution is 9.10. The summed E-state index contributed by atoms with van der Waals surface area (Å²) in [5.74, 6) is 0.546. The van der Waals surface area contributed by atoms with Crippen LogP contribution in [0.15, 0.2) is 68.7 Å². The molecule has 0 aliphatic carbocycles. The molecule has 0 radical (unpaired) electrons. The molecule has 1 aliphatic heterocycles. The number of thioether (sulfide) groups is 1. The SMILES string of the molecule is O=C([C@@H](Sc1nnc(-c2cccc(Br)c2)o1)c1ccccc1)N1CCCC1. The molecule has 138 valence electrons. The van der Waals surface area contributed by atoms with Crippen LogP contribution >= 0.6 is 27.7 Å². The Kier molecular flexibility index (Phi) is 5.59. The lowest BCUT2D eigenvalue weighted by molar-refractivity contribution is -0.129. The van der Waals surface area contributed by atoms with Gasteiger partial charge in [0.2, 0.25) is 11.8 Å². The van der Waals surface area contributed by atoms with Crippen molar-refractivity contribution < 1.29 is 9.21 Å². The highest BCUT2D eigenvalue weighted by Crippen LogP contribution is 2.37. The fraction of sp³-hybridized carbons (Fsp3) is 0.250. The second-order valence-corrected chi connectivity index (χ2v) is 8.30. The molecular formula is C20H18BrN3O2S. The van der Waals surface area contributed by atoms with Gasteiger partial charge in [-0.05, 0) is 48.4 Å². The minimum Gasteiger partial charge on any atom is -0.411 e. The second kappa shape index (κ2) is 8.27. The van der Waals surface area contributed by atoms with Crippen LogP contribution in [0.25, 0.3) is 11.5 Å². The van der Waals surface area contributed by atoms with Crippen molar-refractivity contribution in [1.29, 1.82) is 0 Å². The number of rotatable bonds is 5. The average Bonchev–Trinajstić information content (AvgIpc) is 3.38. The smallest absolute Gasteiger partial charge is 0.277 e. The maximum Gasteiger partial charge on any atom is 0.277 e. The molecule has 0 saturated carbocycles. The van der Waals surface area contributed by atoms with Crippen molar-refractivity contribution in [2.75, 3.05) is 13.1 Å². The number of hydrogen-bond donors (Lipinski definition) is 0. The van der Waals surface area contributed by atoms with Crippen molar-refractivity contribution in [1.82, 2.24) is 15.1 Å². The lowest BCUT2D eigenvalue weighted by atomic mass is 10.1. The second-order valence-electron chi connectivity index (χ2n) is 6.32. The molecule has 1 aromatic heterocycles. The third kappa shape index (κ3) is 4.25. The third-order valence-corrected chi connectivity index (χ3v) is 6.01. The number of carbonyl (C=O) groups excluding carboxylic acids is 1. The molecule has 1 fully saturated rings. The molecule has 7 heteroatoms. The van der Waals surface area contributed by atoms with Gasteiger partial charge in [-0.25, -0.2) is 0 Å². The number of likely N-dealkylation sites (tertiary alicyclic amines) is 1. The molecular weight excluding hydrogens is 426 g/mol. The number of halogens is 1. The summed E-state index contributed by atoms with van der Waals surface area (Å²) in [7, 11) is 0. The Labute approximate surface area is 170 Å². The van der Waals surface area contributed by atoms with Gasteiger partial charge >= 0.3 is 0 Å². The van der Waals surface area contributed by atoms with Crippen molar-refractivity contribution in [2.24, 2.45) is 0 Å². The highest BCUT2D eigenvalue weighted by atomic mass is 79.9. The van der Waals surface area contributed by atoms with Crippen molar-refractivity contribution in [3.63, 3.8) is 0 Å². The molecule has 4 rings (SSSR count). The maximum atomic E-state index is 13.1. The molecule has 0 bridgehead atoms. The first-order valence-corrected chi connectivity index (χ1v) is 10.5. The van der Waals surface area contributed by atoms with Crippen LogP contribution in [-0.4, -0.2) is 34.1 Å². The van der Waals surface area contributed by atoms with Crippen LogP contribution in [0.5, 0.6) is 0 Å². The van der Waals surface area contributed by atoms with Crippen LogP contribution in [-0.2, 0) is 4.79 Å². The van der Waals surface area contributed by atoms with Gasteiger partial charge in [0.05, 0.1) is 0 Å². The summed E-state index contributed by atoms with van der Waals surface area (Å²) in [6.45, 7) is 1.63. The summed E-state index contributed by atoms with van der Waals surface area (Å²) in [5, 5.41) is 8.31. The number of carbonyl (C=O) groups is 1. The van der Waals surface area contributed by atoms with E-state index in [-0.39, 0.29) is 11.2 Å². The van der Waals surface area contributed by atoms with E-state index in [1.807, 2.05) is 59.5 Å². The van der Waals surface area contributed by atoms with Crippen molar-refractivity contribution >= 4 is 33.6 Å². The lowest BCUT2D eigenvalue weighted by Gasteiger charge is -2.22. The van der Waals surface area contributed by atoms with Crippen LogP contribution in [0.3, 0.4) is 0 Å². The molecule has 2 heterocycles. The number of benzene rings is 2. The van der Waals surface area contributed by atoms with Gasteiger partial charge in [0, 0.05) is 23.1 Å². The van der Waals surface area contributed by atoms with Gasteiger partial charge in [0.15, 0.2) is 0 Å². The predicted molar refractivity (Wildman–Crippen MR) is 108 cm³/mol. The molecule has 0 spiro atoms. The van der Waals surface area contributed by atoms with E-state index in [0.29, 0.717) is 11.1 Å². The molecule has 0 N–H and O–H groups in total. The Hall–Kier alpha value is -2.12. The largest absolute Gasteiger partial charge is 0.411 e. The molecule has 1 atom stereocenters. The fourth-order valence-electron chi connectivity index (χ4n) is 3.09. The Bertz CT molecular complexity index is 926. The van der Waals surface area contributed by atoms with Gasteiger partial charge in [-0.15, -0.1) is 10.2 Å². The molecule has 5 nitrogen and oxygen atoms in total. The van der Waals surface area contributed by atoms with E-state index in [2.05, 4.69) is 26.1 Å². The predicted octanol–water partition coefficient (Wildman–Crippen LogP) is 4.95. The van der Waals surface area contributed by atoms with Gasteiger partial charge in [-0.2, -0.15) is 0 Å². The lowest BCUT2D eigenvalue weighted by Crippen LogP contribution is -2.31. The summed E-state index contributed by atoms with van der Waals surface area (Å²) < 4.78 is 6.78. The Balaban J connectivity index is 1.59. The summed E-state index contributed by atoms with van der Waals surface area (Å²) >= 11 is 4.76. The van der Waals surface area contributed by atoms with Crippen molar-refractivity contribution in [3.8, 4) is 11.5 Å². The number of nitrogens with zero attached hydrogens (tertiary/aromatic N) is 3. The van der Waals surface area contributed by atoms with Crippen LogP contribution < -0.4 is 0 Å². The van der Waals surface area contributed by atoms with E-state index >= 15 is 0 Å². The van der Waals surface area contributed by atoms with Gasteiger partial charge in [-0.1, -0.05) is 52.3 Å². The topological polar surface area (TPSA) is 59.2 Å². The molecule has 1 saturated heterocycles. The summed E-state index contributed by atoms with van der Waals surface area (Å²) in [5.41, 5.74) is 1.78. The Morgan fingerprint density at radius 2 is 1.85 bits per heavy atom. The quantitative estimate of drug-likeness (QED) is 0.521. The average molecular weight is 444 g/mol. The minimum absolute atomic E-state index is 0.103. The minimum atomic E-state index is -0.389. The Morgan fingerprint density at radius 3 is 2.59 bits per heavy atom. The zero-order valence-electron chi connectivity index (χ0n) is 14.5. The summed E-state index contributed by atoms with van der Waals surface area (Å²) in [4.78, 5) is 15.0. The van der Waals surface area contributed by atoms with Crippen LogP contribution in [0, 0.1) is 0 Å². The zero-order valence-corrected chi connectivity index (χ0v) is 16.9. The zero-order chi connectivity index (χ0) is 18.6. The van der Waals surface area contributed by atoms with Gasteiger partial charge < -0.3 is 9.32 Å². The first-order valence-electron chi connectivity index (χ1n) is 8.80. The van der Waals surface area contributed by atoms with E-state index in [1.54, 1.807) is 0 Å². The Morgan fingerprint density at radius 1 is 1.07 bits per heavy atom. The number of hydrogen-bond acceptors (Lipinski definition) is 5. The van der Waals surface area contributed by atoms with Crippen LogP contribution in [0.1, 0.15) is 23.7 Å². The van der Waals surface area contributed by atoms with E-state index in [4.69, 9.17) is 4.42 Å². The van der Waals surface area contributed by atoms with Gasteiger partial charge in [0.1, 0.15) is 5.25 Å². The molecule has 1 aliphatic rings. The van der Waals surface area contributed by atoms with Crippen LogP contribution in [0.2, 0.25) is 0 Å². The number of aromatic nitrogens is 2. The molecule has 27 heavy (non-hydrogen) atoms. The maximum absolute atomic E-state index is 13.1. The molecule has 1 amide bonds. The molecule has 0 unspecified atom stereocenters. The van der Waals surface area contributed by atoms with Crippen molar-refractivity contribution in [3.05, 3.63) is 64.6 Å². The monoisotopic (exact) mass is 443 g/mol. The molecule has 2 aromatic carbocycles. The van der Waals surface area contributed by atoms with Crippen LogP contribution in [0.4, 0.5) is 0 Å². The third-order valence-electron chi connectivity index (χ3n) is 4.44. The first kappa shape index (κ1) is 18.3. The van der Waals surface area contributed by atoms with Crippen molar-refractivity contribution in [2.45, 2.75) is 23.3 Å².